The van der Waals surface area contributed by atoms with Crippen molar-refractivity contribution in [2.75, 3.05) is 33.3 Å². The van der Waals surface area contributed by atoms with Crippen LogP contribution in [0, 0.1) is 0 Å². The molecule has 4 rings (SSSR count). The maximum absolute atomic E-state index is 10.5. The molecule has 5 nitrogen and oxygen atoms in total. The van der Waals surface area contributed by atoms with Gasteiger partial charge in [0, 0.05) is 51.0 Å². The molecule has 2 heterocycles. The first-order valence-corrected chi connectivity index (χ1v) is 11.4. The smallest absolute Gasteiger partial charge is 0.119 e. The van der Waals surface area contributed by atoms with Crippen molar-refractivity contribution in [1.29, 1.82) is 0 Å². The third-order valence-electron chi connectivity index (χ3n) is 5.95. The average Bonchev–Trinajstić information content (AvgIpc) is 2.82. The van der Waals surface area contributed by atoms with E-state index in [0.29, 0.717) is 13.2 Å². The molecule has 0 spiro atoms. The van der Waals surface area contributed by atoms with Gasteiger partial charge in [-0.1, -0.05) is 42.5 Å². The van der Waals surface area contributed by atoms with Crippen LogP contribution in [0.4, 0.5) is 0 Å². The minimum absolute atomic E-state index is 0.303. The molecule has 1 atom stereocenters. The van der Waals surface area contributed by atoms with Gasteiger partial charge >= 0.3 is 0 Å². The van der Waals surface area contributed by atoms with Gasteiger partial charge in [-0.2, -0.15) is 0 Å². The Morgan fingerprint density at radius 1 is 1.06 bits per heavy atom. The lowest BCUT2D eigenvalue weighted by atomic mass is 10.00. The summed E-state index contributed by atoms with van der Waals surface area (Å²) in [5.41, 5.74) is 5.11. The Labute approximate surface area is 191 Å². The second kappa shape index (κ2) is 11.2. The topological polar surface area (TPSA) is 48.8 Å². The number of rotatable bonds is 10. The van der Waals surface area contributed by atoms with E-state index in [1.54, 1.807) is 0 Å². The maximum Gasteiger partial charge on any atom is 0.119 e. The molecule has 0 aliphatic carbocycles. The molecule has 1 N–H and O–H groups in total. The predicted molar refractivity (Wildman–Crippen MR) is 128 cm³/mol. The zero-order valence-electron chi connectivity index (χ0n) is 18.9. The van der Waals surface area contributed by atoms with Crippen molar-refractivity contribution in [3.8, 4) is 5.75 Å². The molecular weight excluding hydrogens is 398 g/mol. The van der Waals surface area contributed by atoms with Gasteiger partial charge in [-0.05, 0) is 54.4 Å². The molecule has 1 aromatic heterocycles. The highest BCUT2D eigenvalue weighted by molar-refractivity contribution is 5.29. The summed E-state index contributed by atoms with van der Waals surface area (Å²) < 4.78 is 5.93. The van der Waals surface area contributed by atoms with Crippen LogP contribution >= 0.6 is 0 Å². The molecule has 0 bridgehead atoms. The summed E-state index contributed by atoms with van der Waals surface area (Å²) in [5.74, 6) is 0.809. The van der Waals surface area contributed by atoms with Gasteiger partial charge < -0.3 is 14.7 Å². The normalized spacial score (nSPS) is 14.8. The summed E-state index contributed by atoms with van der Waals surface area (Å²) >= 11 is 0. The molecule has 0 radical (unpaired) electrons. The summed E-state index contributed by atoms with van der Waals surface area (Å²) in [6.45, 7) is 4.60. The van der Waals surface area contributed by atoms with E-state index in [4.69, 9.17) is 4.74 Å². The summed E-state index contributed by atoms with van der Waals surface area (Å²) in [6, 6.07) is 22.8. The number of nitrogens with zero attached hydrogens (tertiary/aromatic N) is 3. The van der Waals surface area contributed by atoms with Crippen LogP contribution in [0.3, 0.4) is 0 Å². The van der Waals surface area contributed by atoms with Gasteiger partial charge in [-0.25, -0.2) is 0 Å². The number of aliphatic hydroxyl groups excluding tert-OH is 1. The molecule has 2 aromatic carbocycles. The quantitative estimate of drug-likeness (QED) is 0.532. The molecule has 1 unspecified atom stereocenters. The Morgan fingerprint density at radius 3 is 2.75 bits per heavy atom. The second-order valence-electron chi connectivity index (χ2n) is 8.67. The molecule has 1 aliphatic rings. The summed E-state index contributed by atoms with van der Waals surface area (Å²) in [5, 5.41) is 10.5. The first-order valence-electron chi connectivity index (χ1n) is 11.4. The molecule has 0 saturated heterocycles. The van der Waals surface area contributed by atoms with E-state index in [1.807, 2.05) is 30.5 Å². The SMILES string of the molecule is CN(CCc1ccccn1)Cc1cccc(OCC(O)CN2CCc3ccccc3C2)c1. The minimum Gasteiger partial charge on any atom is -0.491 e. The first kappa shape index (κ1) is 22.5. The van der Waals surface area contributed by atoms with Gasteiger partial charge in [-0.3, -0.25) is 9.88 Å². The van der Waals surface area contributed by atoms with E-state index >= 15 is 0 Å². The predicted octanol–water partition coefficient (Wildman–Crippen LogP) is 3.55. The molecule has 0 amide bonds. The Balaban J connectivity index is 1.21. The maximum atomic E-state index is 10.5. The van der Waals surface area contributed by atoms with Crippen molar-refractivity contribution in [2.45, 2.75) is 32.0 Å². The summed E-state index contributed by atoms with van der Waals surface area (Å²) in [6.07, 6.45) is 3.31. The van der Waals surface area contributed by atoms with E-state index in [-0.39, 0.29) is 0 Å². The third kappa shape index (κ3) is 6.63. The number of hydrogen-bond acceptors (Lipinski definition) is 5. The van der Waals surface area contributed by atoms with Crippen LogP contribution in [-0.4, -0.2) is 59.3 Å². The number of likely N-dealkylation sites (N-methyl/N-ethyl adjacent to an activating group) is 1. The fourth-order valence-electron chi connectivity index (χ4n) is 4.23. The number of ether oxygens (including phenoxy) is 1. The third-order valence-corrected chi connectivity index (χ3v) is 5.95. The van der Waals surface area contributed by atoms with Crippen molar-refractivity contribution >= 4 is 0 Å². The van der Waals surface area contributed by atoms with Crippen LogP contribution in [0.5, 0.6) is 5.75 Å². The summed E-state index contributed by atoms with van der Waals surface area (Å²) in [7, 11) is 2.12. The highest BCUT2D eigenvalue weighted by Crippen LogP contribution is 2.19. The minimum atomic E-state index is -0.509. The zero-order valence-corrected chi connectivity index (χ0v) is 18.9. The lowest BCUT2D eigenvalue weighted by Crippen LogP contribution is -2.38. The van der Waals surface area contributed by atoms with Crippen LogP contribution in [0.1, 0.15) is 22.4 Å². The van der Waals surface area contributed by atoms with Crippen molar-refractivity contribution < 1.29 is 9.84 Å². The van der Waals surface area contributed by atoms with Crippen LogP contribution in [0.25, 0.3) is 0 Å². The monoisotopic (exact) mass is 431 g/mol. The molecule has 5 heteroatoms. The Kier molecular flexibility index (Phi) is 7.88. The number of β-amino-alcohol motifs (C(OH)–C–C–N with tert-alkyl or cyclic N) is 1. The molecule has 168 valence electrons. The number of benzene rings is 2. The standard InChI is InChI=1S/C27H33N3O2/c1-29(15-13-25-10-4-5-14-28-25)18-22-7-6-11-27(17-22)32-21-26(31)20-30-16-12-23-8-2-3-9-24(23)19-30/h2-11,14,17,26,31H,12-13,15-16,18-21H2,1H3. The van der Waals surface area contributed by atoms with Crippen LogP contribution in [0.15, 0.2) is 72.9 Å². The van der Waals surface area contributed by atoms with Gasteiger partial charge in [0.2, 0.25) is 0 Å². The fourth-order valence-corrected chi connectivity index (χ4v) is 4.23. The van der Waals surface area contributed by atoms with E-state index in [1.165, 1.54) is 16.7 Å². The van der Waals surface area contributed by atoms with Gasteiger partial charge in [0.15, 0.2) is 0 Å². The van der Waals surface area contributed by atoms with Crippen LogP contribution in [0.2, 0.25) is 0 Å². The second-order valence-corrected chi connectivity index (χ2v) is 8.67. The lowest BCUT2D eigenvalue weighted by molar-refractivity contribution is 0.0637. The molecule has 0 saturated carbocycles. The van der Waals surface area contributed by atoms with E-state index < -0.39 is 6.10 Å². The van der Waals surface area contributed by atoms with E-state index in [9.17, 15) is 5.11 Å². The number of aromatic nitrogens is 1. The van der Waals surface area contributed by atoms with E-state index in [0.717, 1.165) is 50.5 Å². The number of hydrogen-bond donors (Lipinski definition) is 1. The number of aliphatic hydroxyl groups is 1. The van der Waals surface area contributed by atoms with Gasteiger partial charge in [-0.15, -0.1) is 0 Å². The molecular formula is C27H33N3O2. The molecule has 32 heavy (non-hydrogen) atoms. The lowest BCUT2D eigenvalue weighted by Gasteiger charge is -2.30. The molecule has 1 aliphatic heterocycles. The van der Waals surface area contributed by atoms with Crippen molar-refractivity contribution in [2.24, 2.45) is 0 Å². The largest absolute Gasteiger partial charge is 0.491 e. The Bertz CT molecular complexity index is 979. The first-order chi connectivity index (χ1) is 15.7. The number of pyridine rings is 1. The van der Waals surface area contributed by atoms with Gasteiger partial charge in [0.1, 0.15) is 18.5 Å². The fraction of sp³-hybridized carbons (Fsp3) is 0.370. The highest BCUT2D eigenvalue weighted by atomic mass is 16.5. The Hall–Kier alpha value is -2.73. The van der Waals surface area contributed by atoms with Crippen LogP contribution in [-0.2, 0) is 25.9 Å². The average molecular weight is 432 g/mol. The van der Waals surface area contributed by atoms with Gasteiger partial charge in [0.25, 0.3) is 0 Å². The summed E-state index contributed by atoms with van der Waals surface area (Å²) in [4.78, 5) is 8.99. The highest BCUT2D eigenvalue weighted by Gasteiger charge is 2.18. The molecule has 0 fully saturated rings. The van der Waals surface area contributed by atoms with Crippen molar-refractivity contribution in [3.63, 3.8) is 0 Å². The van der Waals surface area contributed by atoms with Gasteiger partial charge in [0.05, 0.1) is 0 Å². The van der Waals surface area contributed by atoms with Crippen molar-refractivity contribution in [1.82, 2.24) is 14.8 Å². The van der Waals surface area contributed by atoms with E-state index in [2.05, 4.69) is 64.3 Å². The number of fused-ring (bicyclic) bond motifs is 1. The van der Waals surface area contributed by atoms with Crippen molar-refractivity contribution in [3.05, 3.63) is 95.3 Å². The Morgan fingerprint density at radius 2 is 1.91 bits per heavy atom. The zero-order chi connectivity index (χ0) is 22.2. The van der Waals surface area contributed by atoms with Crippen LogP contribution < -0.4 is 4.74 Å². The molecule has 3 aromatic rings.